The van der Waals surface area contributed by atoms with E-state index in [0.29, 0.717) is 5.69 Å². The van der Waals surface area contributed by atoms with Gasteiger partial charge < -0.3 is 9.97 Å². The van der Waals surface area contributed by atoms with Gasteiger partial charge in [0.05, 0.1) is 23.0 Å². The van der Waals surface area contributed by atoms with Crippen molar-refractivity contribution in [2.75, 3.05) is 4.90 Å². The Balaban J connectivity index is 1.53. The maximum Gasteiger partial charge on any atom is 0.241 e. The van der Waals surface area contributed by atoms with E-state index in [2.05, 4.69) is 22.1 Å². The molecular formula is C26H19N3O2. The van der Waals surface area contributed by atoms with Crippen LogP contribution in [-0.2, 0) is 9.59 Å². The van der Waals surface area contributed by atoms with Crippen LogP contribution in [0.1, 0.15) is 17.9 Å². The van der Waals surface area contributed by atoms with Crippen LogP contribution >= 0.6 is 0 Å². The standard InChI is InChI=1S/C26H19N3O2/c30-23-15-19(26(31)29(23)17-9-2-1-3-10-17)24-18-11-5-7-13-21(18)28-25(24)22-14-16-8-4-6-12-20(16)27-22/h1-14,19,27-28H,15H2. The van der Waals surface area contributed by atoms with Gasteiger partial charge in [0.15, 0.2) is 0 Å². The summed E-state index contributed by atoms with van der Waals surface area (Å²) < 4.78 is 0. The summed E-state index contributed by atoms with van der Waals surface area (Å²) in [6.45, 7) is 0. The number of imide groups is 1. The maximum absolute atomic E-state index is 13.5. The summed E-state index contributed by atoms with van der Waals surface area (Å²) in [5.74, 6) is -0.891. The van der Waals surface area contributed by atoms with E-state index in [1.807, 2.05) is 60.7 Å². The molecule has 1 atom stereocenters. The molecule has 0 radical (unpaired) electrons. The van der Waals surface area contributed by atoms with Crippen LogP contribution < -0.4 is 4.90 Å². The number of hydrogen-bond acceptors (Lipinski definition) is 2. The van der Waals surface area contributed by atoms with Crippen molar-refractivity contribution in [2.45, 2.75) is 12.3 Å². The van der Waals surface area contributed by atoms with Gasteiger partial charge in [-0.15, -0.1) is 0 Å². The minimum atomic E-state index is -0.537. The summed E-state index contributed by atoms with van der Waals surface area (Å²) >= 11 is 0. The molecule has 31 heavy (non-hydrogen) atoms. The lowest BCUT2D eigenvalue weighted by molar-refractivity contribution is -0.121. The Kier molecular flexibility index (Phi) is 3.83. The third-order valence-corrected chi connectivity index (χ3v) is 6.06. The molecule has 2 amide bonds. The first-order valence-electron chi connectivity index (χ1n) is 10.3. The number of rotatable bonds is 3. The van der Waals surface area contributed by atoms with E-state index in [0.717, 1.165) is 38.8 Å². The zero-order valence-electron chi connectivity index (χ0n) is 16.6. The summed E-state index contributed by atoms with van der Waals surface area (Å²) in [6.07, 6.45) is 0.156. The van der Waals surface area contributed by atoms with Crippen molar-refractivity contribution >= 4 is 39.3 Å². The lowest BCUT2D eigenvalue weighted by Crippen LogP contribution is -2.29. The number of aromatic nitrogens is 2. The largest absolute Gasteiger partial charge is 0.353 e. The number of aromatic amines is 2. The third kappa shape index (κ3) is 2.70. The van der Waals surface area contributed by atoms with Gasteiger partial charge >= 0.3 is 0 Å². The van der Waals surface area contributed by atoms with Crippen LogP contribution in [0.3, 0.4) is 0 Å². The normalized spacial score (nSPS) is 16.6. The van der Waals surface area contributed by atoms with Gasteiger partial charge in [0.25, 0.3) is 0 Å². The molecule has 1 unspecified atom stereocenters. The van der Waals surface area contributed by atoms with Gasteiger partial charge in [0.2, 0.25) is 11.8 Å². The van der Waals surface area contributed by atoms with Gasteiger partial charge in [0, 0.05) is 33.8 Å². The highest BCUT2D eigenvalue weighted by Crippen LogP contribution is 2.42. The van der Waals surface area contributed by atoms with E-state index >= 15 is 0 Å². The molecule has 1 saturated heterocycles. The fourth-order valence-electron chi connectivity index (χ4n) is 4.65. The fraction of sp³-hybridized carbons (Fsp3) is 0.0769. The Bertz CT molecular complexity index is 1430. The van der Waals surface area contributed by atoms with Crippen LogP contribution in [0.15, 0.2) is 84.9 Å². The number of carbonyl (C=O) groups is 2. The van der Waals surface area contributed by atoms with Crippen LogP contribution in [0.5, 0.6) is 0 Å². The first-order valence-corrected chi connectivity index (χ1v) is 10.3. The highest BCUT2D eigenvalue weighted by atomic mass is 16.2. The van der Waals surface area contributed by atoms with E-state index in [4.69, 9.17) is 0 Å². The van der Waals surface area contributed by atoms with Crippen LogP contribution in [0.4, 0.5) is 5.69 Å². The van der Waals surface area contributed by atoms with Crippen molar-refractivity contribution < 1.29 is 9.59 Å². The molecule has 5 nitrogen and oxygen atoms in total. The molecule has 150 valence electrons. The lowest BCUT2D eigenvalue weighted by atomic mass is 9.93. The number of amides is 2. The second-order valence-electron chi connectivity index (χ2n) is 7.89. The van der Waals surface area contributed by atoms with Crippen LogP contribution in [0.2, 0.25) is 0 Å². The first kappa shape index (κ1) is 17.7. The van der Waals surface area contributed by atoms with E-state index in [1.54, 1.807) is 12.1 Å². The van der Waals surface area contributed by atoms with Gasteiger partial charge in [-0.05, 0) is 30.3 Å². The number of benzene rings is 3. The van der Waals surface area contributed by atoms with Crippen molar-refractivity contribution in [3.05, 3.63) is 90.5 Å². The highest BCUT2D eigenvalue weighted by Gasteiger charge is 2.42. The summed E-state index contributed by atoms with van der Waals surface area (Å²) in [5.41, 5.74) is 5.24. The summed E-state index contributed by atoms with van der Waals surface area (Å²) in [4.78, 5) is 34.7. The molecule has 0 bridgehead atoms. The number of nitrogens with one attached hydrogen (secondary N) is 2. The topological polar surface area (TPSA) is 69.0 Å². The molecule has 1 aliphatic rings. The average molecular weight is 405 g/mol. The molecular weight excluding hydrogens is 386 g/mol. The molecule has 2 aromatic heterocycles. The number of carbonyl (C=O) groups excluding carboxylic acids is 2. The molecule has 1 aliphatic heterocycles. The molecule has 3 aromatic carbocycles. The molecule has 0 spiro atoms. The Morgan fingerprint density at radius 3 is 2.29 bits per heavy atom. The Morgan fingerprint density at radius 1 is 0.774 bits per heavy atom. The number of para-hydroxylation sites is 3. The van der Waals surface area contributed by atoms with Crippen molar-refractivity contribution in [3.63, 3.8) is 0 Å². The number of fused-ring (bicyclic) bond motifs is 2. The molecule has 3 heterocycles. The smallest absolute Gasteiger partial charge is 0.241 e. The van der Waals surface area contributed by atoms with Crippen molar-refractivity contribution in [1.82, 2.24) is 9.97 Å². The van der Waals surface area contributed by atoms with Crippen molar-refractivity contribution in [2.24, 2.45) is 0 Å². The van der Waals surface area contributed by atoms with Gasteiger partial charge in [-0.1, -0.05) is 54.6 Å². The highest BCUT2D eigenvalue weighted by molar-refractivity contribution is 6.23. The van der Waals surface area contributed by atoms with E-state index < -0.39 is 5.92 Å². The van der Waals surface area contributed by atoms with E-state index in [-0.39, 0.29) is 18.2 Å². The Labute approximate surface area is 178 Å². The van der Waals surface area contributed by atoms with E-state index in [1.165, 1.54) is 4.90 Å². The third-order valence-electron chi connectivity index (χ3n) is 6.06. The molecule has 2 N–H and O–H groups in total. The monoisotopic (exact) mass is 405 g/mol. The first-order chi connectivity index (χ1) is 15.2. The molecule has 1 fully saturated rings. The fourth-order valence-corrected chi connectivity index (χ4v) is 4.65. The number of H-pyrrole nitrogens is 2. The molecule has 0 aliphatic carbocycles. The molecule has 5 aromatic rings. The predicted octanol–water partition coefficient (Wildman–Crippen LogP) is 5.36. The summed E-state index contributed by atoms with van der Waals surface area (Å²) in [6, 6.07) is 27.3. The quantitative estimate of drug-likeness (QED) is 0.397. The van der Waals surface area contributed by atoms with Gasteiger partial charge in [-0.2, -0.15) is 0 Å². The minimum Gasteiger partial charge on any atom is -0.353 e. The second kappa shape index (κ2) is 6.71. The second-order valence-corrected chi connectivity index (χ2v) is 7.89. The SMILES string of the molecule is O=C1CC(c2c(-c3cc4ccccc4[nH]3)[nH]c3ccccc23)C(=O)N1c1ccccc1. The lowest BCUT2D eigenvalue weighted by Gasteiger charge is -2.15. The van der Waals surface area contributed by atoms with Gasteiger partial charge in [-0.3, -0.25) is 14.5 Å². The summed E-state index contributed by atoms with van der Waals surface area (Å²) in [7, 11) is 0. The van der Waals surface area contributed by atoms with Crippen molar-refractivity contribution in [1.29, 1.82) is 0 Å². The van der Waals surface area contributed by atoms with Crippen LogP contribution in [0, 0.1) is 0 Å². The molecule has 6 rings (SSSR count). The Morgan fingerprint density at radius 2 is 1.48 bits per heavy atom. The van der Waals surface area contributed by atoms with Gasteiger partial charge in [-0.25, -0.2) is 0 Å². The predicted molar refractivity (Wildman–Crippen MR) is 122 cm³/mol. The van der Waals surface area contributed by atoms with Crippen LogP contribution in [0.25, 0.3) is 33.2 Å². The zero-order valence-corrected chi connectivity index (χ0v) is 16.6. The number of anilines is 1. The average Bonchev–Trinajstić information content (AvgIpc) is 3.47. The van der Waals surface area contributed by atoms with Gasteiger partial charge in [0.1, 0.15) is 0 Å². The van der Waals surface area contributed by atoms with E-state index in [9.17, 15) is 9.59 Å². The number of nitrogens with zero attached hydrogens (tertiary/aromatic N) is 1. The maximum atomic E-state index is 13.5. The zero-order chi connectivity index (χ0) is 20.9. The number of hydrogen-bond donors (Lipinski definition) is 2. The molecule has 5 heteroatoms. The minimum absolute atomic E-state index is 0.156. The Hall–Kier alpha value is -4.12. The van der Waals surface area contributed by atoms with Crippen LogP contribution in [-0.4, -0.2) is 21.8 Å². The van der Waals surface area contributed by atoms with Crippen molar-refractivity contribution in [3.8, 4) is 11.4 Å². The molecule has 0 saturated carbocycles. The summed E-state index contributed by atoms with van der Waals surface area (Å²) in [5, 5.41) is 2.07.